The molecule has 2 fully saturated rings. The first-order valence-corrected chi connectivity index (χ1v) is 8.76. The lowest BCUT2D eigenvalue weighted by molar-refractivity contribution is -0.0328. The van der Waals surface area contributed by atoms with E-state index in [-0.39, 0.29) is 16.7 Å². The second kappa shape index (κ2) is 7.32. The molecule has 3 nitrogen and oxygen atoms in total. The van der Waals surface area contributed by atoms with Crippen molar-refractivity contribution in [3.8, 4) is 0 Å². The van der Waals surface area contributed by atoms with E-state index in [4.69, 9.17) is 4.74 Å². The summed E-state index contributed by atoms with van der Waals surface area (Å²) in [6.45, 7) is 5.37. The zero-order chi connectivity index (χ0) is 16.3. The summed E-state index contributed by atoms with van der Waals surface area (Å²) in [6, 6.07) is 6.72. The number of hydrogen-bond donors (Lipinski definition) is 0. The molecule has 2 saturated heterocycles. The van der Waals surface area contributed by atoms with Crippen molar-refractivity contribution in [3.63, 3.8) is 0 Å². The highest BCUT2D eigenvalue weighted by molar-refractivity contribution is 8.00. The van der Waals surface area contributed by atoms with Gasteiger partial charge >= 0.3 is 5.51 Å². The van der Waals surface area contributed by atoms with Crippen LogP contribution in [0.15, 0.2) is 29.2 Å². The van der Waals surface area contributed by atoms with Gasteiger partial charge in [0.25, 0.3) is 0 Å². The van der Waals surface area contributed by atoms with Crippen LogP contribution in [0.4, 0.5) is 18.9 Å². The maximum atomic E-state index is 12.5. The van der Waals surface area contributed by atoms with E-state index in [1.807, 2.05) is 6.07 Å². The van der Waals surface area contributed by atoms with Crippen molar-refractivity contribution in [2.75, 3.05) is 44.2 Å². The van der Waals surface area contributed by atoms with E-state index in [2.05, 4.69) is 9.80 Å². The minimum atomic E-state index is -4.24. The van der Waals surface area contributed by atoms with Crippen LogP contribution in [0.1, 0.15) is 12.8 Å². The molecule has 0 aromatic heterocycles. The fraction of sp³-hybridized carbons (Fsp3) is 0.625. The third-order valence-electron chi connectivity index (χ3n) is 4.27. The second-order valence-corrected chi connectivity index (χ2v) is 7.11. The van der Waals surface area contributed by atoms with E-state index < -0.39 is 5.51 Å². The Morgan fingerprint density at radius 3 is 2.61 bits per heavy atom. The number of anilines is 1. The van der Waals surface area contributed by atoms with Gasteiger partial charge in [-0.15, -0.1) is 0 Å². The minimum absolute atomic E-state index is 0.0528. The fourth-order valence-electron chi connectivity index (χ4n) is 3.14. The van der Waals surface area contributed by atoms with Crippen molar-refractivity contribution in [3.05, 3.63) is 24.3 Å². The van der Waals surface area contributed by atoms with Crippen LogP contribution in [-0.4, -0.2) is 55.8 Å². The number of piperazine rings is 1. The first kappa shape index (κ1) is 16.9. The number of benzene rings is 1. The normalized spacial score (nSPS) is 23.4. The molecular formula is C16H21F3N2OS. The lowest BCUT2D eigenvalue weighted by atomic mass is 10.2. The largest absolute Gasteiger partial charge is 0.446 e. The molecule has 23 heavy (non-hydrogen) atoms. The molecule has 2 aliphatic rings. The number of hydrogen-bond acceptors (Lipinski definition) is 4. The summed E-state index contributed by atoms with van der Waals surface area (Å²) in [6.07, 6.45) is 2.64. The topological polar surface area (TPSA) is 15.7 Å². The summed E-state index contributed by atoms with van der Waals surface area (Å²) in [7, 11) is 0. The van der Waals surface area contributed by atoms with Gasteiger partial charge in [-0.05, 0) is 42.8 Å². The Hall–Kier alpha value is -0.920. The Bertz CT molecular complexity index is 512. The fourth-order valence-corrected chi connectivity index (χ4v) is 3.74. The van der Waals surface area contributed by atoms with Crippen LogP contribution in [0.3, 0.4) is 0 Å². The van der Waals surface area contributed by atoms with Crippen LogP contribution in [0.2, 0.25) is 0 Å². The van der Waals surface area contributed by atoms with Crippen molar-refractivity contribution in [1.29, 1.82) is 0 Å². The Balaban J connectivity index is 1.53. The second-order valence-electron chi connectivity index (χ2n) is 5.97. The van der Waals surface area contributed by atoms with Gasteiger partial charge in [0.2, 0.25) is 0 Å². The lowest BCUT2D eigenvalue weighted by Crippen LogP contribution is -2.48. The van der Waals surface area contributed by atoms with Crippen LogP contribution in [0, 0.1) is 0 Å². The highest BCUT2D eigenvalue weighted by atomic mass is 32.2. The summed E-state index contributed by atoms with van der Waals surface area (Å²) in [5.41, 5.74) is -3.37. The number of rotatable bonds is 4. The van der Waals surface area contributed by atoms with Gasteiger partial charge < -0.3 is 9.64 Å². The Morgan fingerprint density at radius 2 is 1.96 bits per heavy atom. The van der Waals surface area contributed by atoms with Crippen molar-refractivity contribution in [1.82, 2.24) is 4.90 Å². The van der Waals surface area contributed by atoms with E-state index >= 15 is 0 Å². The van der Waals surface area contributed by atoms with Crippen LogP contribution < -0.4 is 4.90 Å². The van der Waals surface area contributed by atoms with E-state index in [0.717, 1.165) is 57.9 Å². The van der Waals surface area contributed by atoms with Crippen LogP contribution in [-0.2, 0) is 4.74 Å². The minimum Gasteiger partial charge on any atom is -0.377 e. The van der Waals surface area contributed by atoms with Gasteiger partial charge in [-0.1, -0.05) is 6.07 Å². The van der Waals surface area contributed by atoms with Gasteiger partial charge in [0, 0.05) is 49.9 Å². The maximum Gasteiger partial charge on any atom is 0.446 e. The summed E-state index contributed by atoms with van der Waals surface area (Å²) < 4.78 is 43.1. The molecule has 2 aliphatic heterocycles. The first-order valence-electron chi connectivity index (χ1n) is 7.94. The van der Waals surface area contributed by atoms with Crippen molar-refractivity contribution in [2.45, 2.75) is 29.3 Å². The zero-order valence-electron chi connectivity index (χ0n) is 12.9. The standard InChI is InChI=1S/C16H21F3N2OS/c17-16(18,19)23-15-5-1-3-13(11-15)21-8-6-20(7-9-21)12-14-4-2-10-22-14/h1,3,5,11,14H,2,4,6-10,12H2. The molecule has 1 aromatic rings. The van der Waals surface area contributed by atoms with Crippen molar-refractivity contribution >= 4 is 17.4 Å². The first-order chi connectivity index (χ1) is 11.0. The third kappa shape index (κ3) is 5.02. The van der Waals surface area contributed by atoms with Crippen LogP contribution >= 0.6 is 11.8 Å². The molecule has 1 atom stereocenters. The lowest BCUT2D eigenvalue weighted by Gasteiger charge is -2.37. The number of ether oxygens (including phenoxy) is 1. The van der Waals surface area contributed by atoms with E-state index in [9.17, 15) is 13.2 Å². The summed E-state index contributed by atoms with van der Waals surface area (Å²) in [5.74, 6) is 0. The molecule has 7 heteroatoms. The summed E-state index contributed by atoms with van der Waals surface area (Å²) in [4.78, 5) is 4.80. The molecule has 0 N–H and O–H groups in total. The Morgan fingerprint density at radius 1 is 1.17 bits per heavy atom. The monoisotopic (exact) mass is 346 g/mol. The summed E-state index contributed by atoms with van der Waals surface area (Å²) >= 11 is -0.0528. The number of thioether (sulfide) groups is 1. The van der Waals surface area contributed by atoms with Crippen LogP contribution in [0.25, 0.3) is 0 Å². The number of alkyl halides is 3. The molecule has 0 aliphatic carbocycles. The third-order valence-corrected chi connectivity index (χ3v) is 5.00. The van der Waals surface area contributed by atoms with Gasteiger partial charge in [0.15, 0.2) is 0 Å². The van der Waals surface area contributed by atoms with Gasteiger partial charge in [0.05, 0.1) is 6.10 Å². The Kier molecular flexibility index (Phi) is 5.38. The molecule has 0 spiro atoms. The quantitative estimate of drug-likeness (QED) is 0.774. The SMILES string of the molecule is FC(F)(F)Sc1cccc(N2CCN(CC3CCCO3)CC2)c1. The van der Waals surface area contributed by atoms with Gasteiger partial charge in [-0.2, -0.15) is 13.2 Å². The molecule has 0 radical (unpaired) electrons. The van der Waals surface area contributed by atoms with Gasteiger partial charge in [0.1, 0.15) is 0 Å². The van der Waals surface area contributed by atoms with E-state index in [0.29, 0.717) is 6.10 Å². The number of halogens is 3. The van der Waals surface area contributed by atoms with E-state index in [1.165, 1.54) is 6.07 Å². The Labute approximate surface area is 138 Å². The zero-order valence-corrected chi connectivity index (χ0v) is 13.7. The maximum absolute atomic E-state index is 12.5. The summed E-state index contributed by atoms with van der Waals surface area (Å²) in [5, 5.41) is 0. The van der Waals surface area contributed by atoms with Crippen LogP contribution in [0.5, 0.6) is 0 Å². The highest BCUT2D eigenvalue weighted by Gasteiger charge is 2.29. The van der Waals surface area contributed by atoms with Gasteiger partial charge in [-0.25, -0.2) is 0 Å². The predicted molar refractivity (Wildman–Crippen MR) is 86.0 cm³/mol. The molecule has 0 amide bonds. The molecular weight excluding hydrogens is 325 g/mol. The molecule has 1 unspecified atom stereocenters. The molecule has 1 aromatic carbocycles. The smallest absolute Gasteiger partial charge is 0.377 e. The molecule has 2 heterocycles. The molecule has 0 bridgehead atoms. The predicted octanol–water partition coefficient (Wildman–Crippen LogP) is 3.60. The van der Waals surface area contributed by atoms with Crippen molar-refractivity contribution < 1.29 is 17.9 Å². The molecule has 0 saturated carbocycles. The molecule has 128 valence electrons. The molecule has 3 rings (SSSR count). The van der Waals surface area contributed by atoms with Gasteiger partial charge in [-0.3, -0.25) is 4.90 Å². The van der Waals surface area contributed by atoms with E-state index in [1.54, 1.807) is 12.1 Å². The van der Waals surface area contributed by atoms with Crippen molar-refractivity contribution in [2.24, 2.45) is 0 Å². The average molecular weight is 346 g/mol. The average Bonchev–Trinajstić information content (AvgIpc) is 2.99. The highest BCUT2D eigenvalue weighted by Crippen LogP contribution is 2.38. The number of nitrogens with zero attached hydrogens (tertiary/aromatic N) is 2.